The second-order valence-corrected chi connectivity index (χ2v) is 10.2. The minimum Gasteiger partial charge on any atom is -0.394 e. The van der Waals surface area contributed by atoms with Crippen LogP contribution in [0.1, 0.15) is 43.2 Å². The first kappa shape index (κ1) is 22.8. The summed E-state index contributed by atoms with van der Waals surface area (Å²) in [5.41, 5.74) is -3.59. The third kappa shape index (κ3) is 4.19. The number of hydrogen-bond acceptors (Lipinski definition) is 6. The van der Waals surface area contributed by atoms with E-state index in [0.29, 0.717) is 25.2 Å². The molecule has 1 aliphatic heterocycles. The zero-order chi connectivity index (χ0) is 22.3. The van der Waals surface area contributed by atoms with E-state index in [1.807, 2.05) is 0 Å². The average molecular weight is 464 g/mol. The summed E-state index contributed by atoms with van der Waals surface area (Å²) in [5.74, 6) is 0.0999. The topological polar surface area (TPSA) is 76.1 Å². The minimum absolute atomic E-state index is 0.00297. The maximum atomic E-state index is 12.8. The molecule has 174 valence electrons. The van der Waals surface area contributed by atoms with E-state index in [9.17, 15) is 21.6 Å². The van der Waals surface area contributed by atoms with Crippen LogP contribution in [0.2, 0.25) is 0 Å². The van der Waals surface area contributed by atoms with Gasteiger partial charge in [0.05, 0.1) is 19.8 Å². The van der Waals surface area contributed by atoms with Crippen LogP contribution < -0.4 is 4.18 Å². The molecule has 0 radical (unpaired) electrons. The smallest absolute Gasteiger partial charge is 0.394 e. The van der Waals surface area contributed by atoms with Crippen LogP contribution in [0.25, 0.3) is 0 Å². The molecule has 2 fully saturated rings. The summed E-state index contributed by atoms with van der Waals surface area (Å²) < 4.78 is 71.2. The SMILES string of the molecule is O=S(=O)(Oc1ccc2c(c1)[C@@]13CCCC[C@H]1[C@@H](C2)N(CCOCCO)CC3)C(F)(F)F. The van der Waals surface area contributed by atoms with Crippen LogP contribution in [0.3, 0.4) is 0 Å². The molecule has 2 aliphatic carbocycles. The fourth-order valence-electron chi connectivity index (χ4n) is 5.92. The second kappa shape index (κ2) is 8.53. The van der Waals surface area contributed by atoms with E-state index in [0.717, 1.165) is 62.7 Å². The fourth-order valence-corrected chi connectivity index (χ4v) is 6.37. The van der Waals surface area contributed by atoms with Gasteiger partial charge >= 0.3 is 15.6 Å². The first-order valence-electron chi connectivity index (χ1n) is 10.7. The number of ether oxygens (including phenoxy) is 1. The van der Waals surface area contributed by atoms with Crippen LogP contribution in [0.4, 0.5) is 13.2 Å². The highest BCUT2D eigenvalue weighted by molar-refractivity contribution is 7.88. The molecule has 1 N–H and O–H groups in total. The number of alkyl halides is 3. The Labute approximate surface area is 180 Å². The Bertz CT molecular complexity index is 907. The number of fused-ring (bicyclic) bond motifs is 1. The standard InChI is InChI=1S/C21H28F3NO5S/c22-21(23,24)31(27,28)30-16-5-4-15-13-19-17-3-1-2-6-20(17,18(15)14-16)7-8-25(19)9-11-29-12-10-26/h4-5,14,17,19,26H,1-3,6-13H2/t17-,19+,20+/m0/s1. The number of rotatable bonds is 7. The molecule has 1 saturated carbocycles. The molecule has 10 heteroatoms. The number of halogens is 3. The predicted octanol–water partition coefficient (Wildman–Crippen LogP) is 2.98. The first-order chi connectivity index (χ1) is 14.7. The maximum absolute atomic E-state index is 12.8. The molecule has 6 nitrogen and oxygen atoms in total. The van der Waals surface area contributed by atoms with Gasteiger partial charge < -0.3 is 14.0 Å². The van der Waals surface area contributed by atoms with E-state index in [1.54, 1.807) is 6.07 Å². The van der Waals surface area contributed by atoms with E-state index in [4.69, 9.17) is 9.84 Å². The predicted molar refractivity (Wildman–Crippen MR) is 107 cm³/mol. The Morgan fingerprint density at radius 3 is 2.74 bits per heavy atom. The minimum atomic E-state index is -5.69. The molecule has 0 amide bonds. The molecular formula is C21H28F3NO5S. The van der Waals surface area contributed by atoms with Gasteiger partial charge in [0.15, 0.2) is 0 Å². The van der Waals surface area contributed by atoms with E-state index >= 15 is 0 Å². The van der Waals surface area contributed by atoms with Crippen LogP contribution in [-0.4, -0.2) is 62.9 Å². The summed E-state index contributed by atoms with van der Waals surface area (Å²) >= 11 is 0. The average Bonchev–Trinajstić information content (AvgIpc) is 2.72. The molecule has 0 unspecified atom stereocenters. The monoisotopic (exact) mass is 463 g/mol. The summed E-state index contributed by atoms with van der Waals surface area (Å²) in [6.07, 6.45) is 5.81. The van der Waals surface area contributed by atoms with Gasteiger partial charge in [-0.25, -0.2) is 0 Å². The highest BCUT2D eigenvalue weighted by Gasteiger charge is 2.54. The van der Waals surface area contributed by atoms with Crippen molar-refractivity contribution in [2.75, 3.05) is 32.9 Å². The van der Waals surface area contributed by atoms with Crippen molar-refractivity contribution in [3.05, 3.63) is 29.3 Å². The van der Waals surface area contributed by atoms with E-state index in [2.05, 4.69) is 9.08 Å². The normalized spacial score (nSPS) is 28.6. The molecule has 1 heterocycles. The maximum Gasteiger partial charge on any atom is 0.534 e. The molecule has 1 aromatic carbocycles. The Morgan fingerprint density at radius 1 is 1.19 bits per heavy atom. The number of piperidine rings is 1. The van der Waals surface area contributed by atoms with Crippen molar-refractivity contribution < 1.29 is 35.6 Å². The van der Waals surface area contributed by atoms with E-state index in [-0.39, 0.29) is 17.8 Å². The summed E-state index contributed by atoms with van der Waals surface area (Å²) in [5, 5.41) is 8.90. The zero-order valence-electron chi connectivity index (χ0n) is 17.2. The van der Waals surface area contributed by atoms with Gasteiger partial charge in [-0.15, -0.1) is 0 Å². The van der Waals surface area contributed by atoms with E-state index < -0.39 is 15.6 Å². The van der Waals surface area contributed by atoms with Crippen molar-refractivity contribution >= 4 is 10.1 Å². The van der Waals surface area contributed by atoms with Gasteiger partial charge in [0.2, 0.25) is 0 Å². The molecule has 3 atom stereocenters. The number of nitrogens with zero attached hydrogens (tertiary/aromatic N) is 1. The molecule has 4 rings (SSSR count). The van der Waals surface area contributed by atoms with Crippen molar-refractivity contribution in [1.82, 2.24) is 4.90 Å². The number of benzene rings is 1. The Balaban J connectivity index is 1.62. The summed E-state index contributed by atoms with van der Waals surface area (Å²) in [4.78, 5) is 2.44. The summed E-state index contributed by atoms with van der Waals surface area (Å²) in [6, 6.07) is 4.91. The largest absolute Gasteiger partial charge is 0.534 e. The van der Waals surface area contributed by atoms with Gasteiger partial charge in [0.1, 0.15) is 5.75 Å². The van der Waals surface area contributed by atoms with Gasteiger partial charge in [-0.05, 0) is 61.4 Å². The molecule has 1 aromatic rings. The third-order valence-electron chi connectivity index (χ3n) is 7.17. The van der Waals surface area contributed by atoms with Crippen LogP contribution in [0.15, 0.2) is 18.2 Å². The van der Waals surface area contributed by atoms with Crippen molar-refractivity contribution in [1.29, 1.82) is 0 Å². The van der Waals surface area contributed by atoms with Crippen molar-refractivity contribution in [2.24, 2.45) is 5.92 Å². The molecule has 0 spiro atoms. The summed E-state index contributed by atoms with van der Waals surface area (Å²) in [6.45, 7) is 2.49. The highest BCUT2D eigenvalue weighted by atomic mass is 32.2. The second-order valence-electron chi connectivity index (χ2n) is 8.70. The quantitative estimate of drug-likeness (QED) is 0.381. The number of hydrogen-bond donors (Lipinski definition) is 1. The molecule has 1 saturated heterocycles. The summed E-state index contributed by atoms with van der Waals surface area (Å²) in [7, 11) is -5.69. The van der Waals surface area contributed by atoms with Crippen LogP contribution in [0, 0.1) is 5.92 Å². The highest BCUT2D eigenvalue weighted by Crippen LogP contribution is 2.56. The molecule has 31 heavy (non-hydrogen) atoms. The Kier molecular flexibility index (Phi) is 6.28. The number of aliphatic hydroxyl groups excluding tert-OH is 1. The molecular weight excluding hydrogens is 435 g/mol. The molecule has 0 aromatic heterocycles. The molecule has 3 aliphatic rings. The lowest BCUT2D eigenvalue weighted by Crippen LogP contribution is -2.61. The van der Waals surface area contributed by atoms with Crippen molar-refractivity contribution in [2.45, 2.75) is 55.5 Å². The Hall–Kier alpha value is -1.36. The lowest BCUT2D eigenvalue weighted by atomic mass is 9.52. The van der Waals surface area contributed by atoms with Crippen molar-refractivity contribution in [3.63, 3.8) is 0 Å². The zero-order valence-corrected chi connectivity index (χ0v) is 18.1. The van der Waals surface area contributed by atoms with Gasteiger partial charge in [0.25, 0.3) is 0 Å². The van der Waals surface area contributed by atoms with Crippen LogP contribution >= 0.6 is 0 Å². The fraction of sp³-hybridized carbons (Fsp3) is 0.714. The molecule has 2 bridgehead atoms. The van der Waals surface area contributed by atoms with Crippen molar-refractivity contribution in [3.8, 4) is 5.75 Å². The lowest BCUT2D eigenvalue weighted by Gasteiger charge is -2.59. The third-order valence-corrected chi connectivity index (χ3v) is 8.15. The van der Waals surface area contributed by atoms with Gasteiger partial charge in [0, 0.05) is 18.0 Å². The van der Waals surface area contributed by atoms with Crippen LogP contribution in [0.5, 0.6) is 5.75 Å². The first-order valence-corrected chi connectivity index (χ1v) is 12.2. The number of aliphatic hydroxyl groups is 1. The van der Waals surface area contributed by atoms with Gasteiger partial charge in [-0.2, -0.15) is 21.6 Å². The Morgan fingerprint density at radius 2 is 2.00 bits per heavy atom. The van der Waals surface area contributed by atoms with E-state index in [1.165, 1.54) is 12.1 Å². The van der Waals surface area contributed by atoms with Gasteiger partial charge in [-0.3, -0.25) is 4.90 Å². The van der Waals surface area contributed by atoms with Gasteiger partial charge in [-0.1, -0.05) is 18.9 Å². The lowest BCUT2D eigenvalue weighted by molar-refractivity contribution is -0.0500. The number of likely N-dealkylation sites (tertiary alicyclic amines) is 1. The van der Waals surface area contributed by atoms with Crippen LogP contribution in [-0.2, 0) is 26.7 Å².